The fourth-order valence-corrected chi connectivity index (χ4v) is 1.91. The average Bonchev–Trinajstić information content (AvgIpc) is 2.36. The summed E-state index contributed by atoms with van der Waals surface area (Å²) in [6, 6.07) is 4.94. The Bertz CT molecular complexity index is 483. The molecule has 1 rings (SSSR count). The van der Waals surface area contributed by atoms with Crippen LogP contribution >= 0.6 is 12.4 Å². The number of likely N-dealkylation sites (N-methyl/N-ethyl adjacent to an activating group) is 1. The second-order valence-corrected chi connectivity index (χ2v) is 4.78. The molecule has 1 unspecified atom stereocenters. The predicted octanol–water partition coefficient (Wildman–Crippen LogP) is 3.09. The van der Waals surface area contributed by atoms with Crippen LogP contribution in [0.4, 0.5) is 13.2 Å². The zero-order valence-corrected chi connectivity index (χ0v) is 13.2. The Labute approximate surface area is 133 Å². The number of rotatable bonds is 6. The Morgan fingerprint density at radius 1 is 1.41 bits per heavy atom. The summed E-state index contributed by atoms with van der Waals surface area (Å²) in [7, 11) is 1.56. The summed E-state index contributed by atoms with van der Waals surface area (Å²) in [5, 5.41) is 0. The second kappa shape index (κ2) is 8.85. The highest BCUT2D eigenvalue weighted by Gasteiger charge is 2.31. The van der Waals surface area contributed by atoms with E-state index in [1.165, 1.54) is 23.1 Å². The maximum atomic E-state index is 12.2. The number of hydrogen-bond acceptors (Lipinski definition) is 3. The second-order valence-electron chi connectivity index (χ2n) is 4.78. The third-order valence-corrected chi connectivity index (χ3v) is 2.84. The quantitative estimate of drug-likeness (QED) is 0.865. The van der Waals surface area contributed by atoms with Crippen molar-refractivity contribution in [1.29, 1.82) is 0 Å². The lowest BCUT2D eigenvalue weighted by Crippen LogP contribution is -2.41. The SMILES string of the molecule is CCCC(N)C(=O)N(C)Cc1cccc(OC(F)(F)F)c1.Cl. The first-order valence-electron chi connectivity index (χ1n) is 6.58. The summed E-state index contributed by atoms with van der Waals surface area (Å²) in [6.45, 7) is 2.09. The molecule has 2 N–H and O–H groups in total. The van der Waals surface area contributed by atoms with E-state index in [0.717, 1.165) is 6.42 Å². The molecule has 0 radical (unpaired) electrons. The normalized spacial score (nSPS) is 12.3. The summed E-state index contributed by atoms with van der Waals surface area (Å²) < 4.78 is 40.3. The van der Waals surface area contributed by atoms with Gasteiger partial charge in [-0.15, -0.1) is 25.6 Å². The third-order valence-electron chi connectivity index (χ3n) is 2.84. The van der Waals surface area contributed by atoms with Crippen LogP contribution in [-0.4, -0.2) is 30.3 Å². The van der Waals surface area contributed by atoms with Crippen LogP contribution in [0.1, 0.15) is 25.3 Å². The van der Waals surface area contributed by atoms with E-state index in [2.05, 4.69) is 4.74 Å². The molecule has 0 saturated heterocycles. The van der Waals surface area contributed by atoms with E-state index >= 15 is 0 Å². The van der Waals surface area contributed by atoms with Crippen LogP contribution in [0.2, 0.25) is 0 Å². The predicted molar refractivity (Wildman–Crippen MR) is 79.7 cm³/mol. The number of halogens is 4. The van der Waals surface area contributed by atoms with Gasteiger partial charge < -0.3 is 15.4 Å². The highest BCUT2D eigenvalue weighted by Crippen LogP contribution is 2.23. The molecule has 0 bridgehead atoms. The highest BCUT2D eigenvalue weighted by atomic mass is 35.5. The van der Waals surface area contributed by atoms with Crippen molar-refractivity contribution in [2.24, 2.45) is 5.73 Å². The zero-order chi connectivity index (χ0) is 16.0. The Hall–Kier alpha value is -1.47. The van der Waals surface area contributed by atoms with Gasteiger partial charge in [0.1, 0.15) is 5.75 Å². The number of nitrogens with zero attached hydrogens (tertiary/aromatic N) is 1. The minimum atomic E-state index is -4.73. The summed E-state index contributed by atoms with van der Waals surface area (Å²) in [6.07, 6.45) is -3.38. The van der Waals surface area contributed by atoms with Crippen molar-refractivity contribution >= 4 is 18.3 Å². The van der Waals surface area contributed by atoms with Gasteiger partial charge in [-0.1, -0.05) is 25.5 Å². The fraction of sp³-hybridized carbons (Fsp3) is 0.500. The highest BCUT2D eigenvalue weighted by molar-refractivity contribution is 5.85. The van der Waals surface area contributed by atoms with E-state index in [-0.39, 0.29) is 30.6 Å². The number of hydrogen-bond donors (Lipinski definition) is 1. The van der Waals surface area contributed by atoms with Crippen molar-refractivity contribution in [2.75, 3.05) is 7.05 Å². The number of alkyl halides is 3. The van der Waals surface area contributed by atoms with Crippen LogP contribution in [0.3, 0.4) is 0 Å². The maximum absolute atomic E-state index is 12.2. The molecule has 4 nitrogen and oxygen atoms in total. The smallest absolute Gasteiger partial charge is 0.406 e. The molecule has 1 aromatic carbocycles. The molecule has 126 valence electrons. The van der Waals surface area contributed by atoms with Crippen molar-refractivity contribution in [3.05, 3.63) is 29.8 Å². The van der Waals surface area contributed by atoms with Gasteiger partial charge in [0.15, 0.2) is 0 Å². The Morgan fingerprint density at radius 3 is 2.59 bits per heavy atom. The van der Waals surface area contributed by atoms with Crippen molar-refractivity contribution in [2.45, 2.75) is 38.7 Å². The van der Waals surface area contributed by atoms with Crippen LogP contribution in [0.15, 0.2) is 24.3 Å². The van der Waals surface area contributed by atoms with Gasteiger partial charge in [-0.3, -0.25) is 4.79 Å². The number of ether oxygens (including phenoxy) is 1. The molecule has 1 amide bonds. The van der Waals surface area contributed by atoms with E-state index in [0.29, 0.717) is 12.0 Å². The Balaban J connectivity index is 0.00000441. The van der Waals surface area contributed by atoms with E-state index in [4.69, 9.17) is 5.73 Å². The first-order chi connectivity index (χ1) is 9.73. The van der Waals surface area contributed by atoms with E-state index in [9.17, 15) is 18.0 Å². The summed E-state index contributed by atoms with van der Waals surface area (Å²) in [5.74, 6) is -0.544. The van der Waals surface area contributed by atoms with E-state index in [1.807, 2.05) is 6.92 Å². The number of carbonyl (C=O) groups excluding carboxylic acids is 1. The standard InChI is InChI=1S/C14H19F3N2O2.ClH/c1-3-5-12(18)13(20)19(2)9-10-6-4-7-11(8-10)21-14(15,16)17;/h4,6-8,12H,3,5,9,18H2,1-2H3;1H. The van der Waals surface area contributed by atoms with Gasteiger partial charge in [0, 0.05) is 13.6 Å². The zero-order valence-electron chi connectivity index (χ0n) is 12.4. The van der Waals surface area contributed by atoms with Crippen molar-refractivity contribution in [1.82, 2.24) is 4.90 Å². The lowest BCUT2D eigenvalue weighted by atomic mass is 10.1. The average molecular weight is 341 g/mol. The molecular formula is C14H20ClF3N2O2. The van der Waals surface area contributed by atoms with Gasteiger partial charge in [0.2, 0.25) is 5.91 Å². The van der Waals surface area contributed by atoms with Crippen molar-refractivity contribution < 1.29 is 22.7 Å². The lowest BCUT2D eigenvalue weighted by molar-refractivity contribution is -0.274. The molecule has 1 atom stereocenters. The Kier molecular flexibility index (Phi) is 8.26. The molecule has 1 aromatic rings. The van der Waals surface area contributed by atoms with Crippen molar-refractivity contribution in [3.8, 4) is 5.75 Å². The van der Waals surface area contributed by atoms with Crippen LogP contribution in [0.25, 0.3) is 0 Å². The van der Waals surface area contributed by atoms with Crippen molar-refractivity contribution in [3.63, 3.8) is 0 Å². The molecule has 22 heavy (non-hydrogen) atoms. The molecule has 0 aliphatic rings. The maximum Gasteiger partial charge on any atom is 0.573 e. The summed E-state index contributed by atoms with van der Waals surface area (Å²) >= 11 is 0. The number of carbonyl (C=O) groups is 1. The molecule has 0 aliphatic carbocycles. The van der Waals surface area contributed by atoms with Gasteiger partial charge in [-0.25, -0.2) is 0 Å². The van der Waals surface area contributed by atoms with Crippen LogP contribution in [0.5, 0.6) is 5.75 Å². The number of nitrogens with two attached hydrogens (primary N) is 1. The van der Waals surface area contributed by atoms with Gasteiger partial charge >= 0.3 is 6.36 Å². The van der Waals surface area contributed by atoms with Gasteiger partial charge in [0.05, 0.1) is 6.04 Å². The summed E-state index contributed by atoms with van der Waals surface area (Å²) in [4.78, 5) is 13.3. The number of benzene rings is 1. The number of amides is 1. The van der Waals surface area contributed by atoms with Crippen LogP contribution in [-0.2, 0) is 11.3 Å². The lowest BCUT2D eigenvalue weighted by Gasteiger charge is -2.21. The van der Waals surface area contributed by atoms with E-state index in [1.54, 1.807) is 13.1 Å². The largest absolute Gasteiger partial charge is 0.573 e. The van der Waals surface area contributed by atoms with Gasteiger partial charge in [-0.05, 0) is 24.1 Å². The molecule has 0 saturated carbocycles. The first kappa shape index (κ1) is 20.5. The molecular weight excluding hydrogens is 321 g/mol. The molecule has 0 aliphatic heterocycles. The van der Waals surface area contributed by atoms with Gasteiger partial charge in [-0.2, -0.15) is 0 Å². The Morgan fingerprint density at radius 2 is 2.05 bits per heavy atom. The molecule has 0 heterocycles. The fourth-order valence-electron chi connectivity index (χ4n) is 1.91. The van der Waals surface area contributed by atoms with E-state index < -0.39 is 12.4 Å². The summed E-state index contributed by atoms with van der Waals surface area (Å²) in [5.41, 5.74) is 6.27. The minimum absolute atomic E-state index is 0. The molecule has 8 heteroatoms. The molecule has 0 aromatic heterocycles. The third kappa shape index (κ3) is 7.00. The molecule has 0 fully saturated rings. The monoisotopic (exact) mass is 340 g/mol. The van der Waals surface area contributed by atoms with Crippen LogP contribution < -0.4 is 10.5 Å². The topological polar surface area (TPSA) is 55.6 Å². The minimum Gasteiger partial charge on any atom is -0.406 e. The first-order valence-corrected chi connectivity index (χ1v) is 6.58. The van der Waals surface area contributed by atoms with Gasteiger partial charge in [0.25, 0.3) is 0 Å². The van der Waals surface area contributed by atoms with Crippen LogP contribution in [0, 0.1) is 0 Å². The molecule has 0 spiro atoms.